The lowest BCUT2D eigenvalue weighted by molar-refractivity contribution is -0.117. The third kappa shape index (κ3) is 3.07. The molecule has 0 aliphatic carbocycles. The van der Waals surface area contributed by atoms with E-state index in [4.69, 9.17) is 5.26 Å². The van der Waals surface area contributed by atoms with Gasteiger partial charge in [0, 0.05) is 24.3 Å². The molecule has 0 radical (unpaired) electrons. The van der Waals surface area contributed by atoms with Crippen LogP contribution in [-0.4, -0.2) is 33.7 Å². The third-order valence-corrected chi connectivity index (χ3v) is 5.48. The predicted molar refractivity (Wildman–Crippen MR) is 93.9 cm³/mol. The highest BCUT2D eigenvalue weighted by molar-refractivity contribution is 7.14. The van der Waals surface area contributed by atoms with E-state index in [1.54, 1.807) is 6.07 Å². The number of anilines is 1. The van der Waals surface area contributed by atoms with Gasteiger partial charge in [0.25, 0.3) is 0 Å². The summed E-state index contributed by atoms with van der Waals surface area (Å²) < 4.78 is 1.91. The topological polar surface area (TPSA) is 74.0 Å². The smallest absolute Gasteiger partial charge is 0.239 e. The molecule has 0 saturated carbocycles. The Morgan fingerprint density at radius 2 is 2.33 bits per heavy atom. The number of hydrogen-bond donors (Lipinski definition) is 1. The molecule has 1 atom stereocenters. The van der Waals surface area contributed by atoms with Crippen LogP contribution < -0.4 is 5.32 Å². The largest absolute Gasteiger partial charge is 0.315 e. The highest BCUT2D eigenvalue weighted by atomic mass is 32.1. The molecule has 1 aliphatic heterocycles. The Morgan fingerprint density at radius 1 is 1.54 bits per heavy atom. The number of aryl methyl sites for hydroxylation is 2. The Kier molecular flexibility index (Phi) is 4.69. The van der Waals surface area contributed by atoms with Gasteiger partial charge in [-0.05, 0) is 44.7 Å². The van der Waals surface area contributed by atoms with E-state index in [0.717, 1.165) is 30.8 Å². The molecule has 7 heteroatoms. The minimum atomic E-state index is -0.0694. The number of rotatable bonds is 4. The summed E-state index contributed by atoms with van der Waals surface area (Å²) in [7, 11) is 1.96. The second-order valence-electron chi connectivity index (χ2n) is 6.16. The van der Waals surface area contributed by atoms with Crippen LogP contribution in [0.15, 0.2) is 11.4 Å². The van der Waals surface area contributed by atoms with Crippen molar-refractivity contribution in [2.45, 2.75) is 32.7 Å². The Morgan fingerprint density at radius 3 is 3.00 bits per heavy atom. The minimum absolute atomic E-state index is 0.0694. The van der Waals surface area contributed by atoms with Crippen LogP contribution in [0.25, 0.3) is 0 Å². The van der Waals surface area contributed by atoms with Gasteiger partial charge in [-0.3, -0.25) is 14.4 Å². The van der Waals surface area contributed by atoms with Gasteiger partial charge in [0.05, 0.1) is 17.8 Å². The van der Waals surface area contributed by atoms with E-state index in [0.29, 0.717) is 17.1 Å². The van der Waals surface area contributed by atoms with E-state index in [2.05, 4.69) is 28.3 Å². The maximum Gasteiger partial charge on any atom is 0.239 e. The van der Waals surface area contributed by atoms with Crippen molar-refractivity contribution in [3.8, 4) is 6.07 Å². The zero-order valence-electron chi connectivity index (χ0n) is 14.2. The fraction of sp³-hybridized carbons (Fsp3) is 0.471. The summed E-state index contributed by atoms with van der Waals surface area (Å²) in [5.41, 5.74) is 3.97. The molecule has 3 heterocycles. The van der Waals surface area contributed by atoms with E-state index >= 15 is 0 Å². The van der Waals surface area contributed by atoms with Gasteiger partial charge in [0.1, 0.15) is 11.1 Å². The number of carbonyl (C=O) groups is 1. The first kappa shape index (κ1) is 16.7. The number of nitriles is 1. The van der Waals surface area contributed by atoms with Crippen molar-refractivity contribution in [2.24, 2.45) is 7.05 Å². The van der Waals surface area contributed by atoms with Gasteiger partial charge in [-0.1, -0.05) is 0 Å². The normalized spacial score (nSPS) is 17.8. The number of likely N-dealkylation sites (tertiary alicyclic amines) is 1. The Balaban J connectivity index is 1.72. The van der Waals surface area contributed by atoms with Crippen LogP contribution >= 0.6 is 11.3 Å². The average Bonchev–Trinajstić information content (AvgIpc) is 3.21. The fourth-order valence-electron chi connectivity index (χ4n) is 3.46. The quantitative estimate of drug-likeness (QED) is 0.926. The first-order valence-electron chi connectivity index (χ1n) is 8.03. The van der Waals surface area contributed by atoms with E-state index in [9.17, 15) is 4.79 Å². The average molecular weight is 343 g/mol. The number of nitrogens with one attached hydrogen (secondary N) is 1. The molecule has 1 saturated heterocycles. The Hall–Kier alpha value is -2.17. The molecule has 126 valence electrons. The van der Waals surface area contributed by atoms with Crippen LogP contribution in [0, 0.1) is 25.2 Å². The van der Waals surface area contributed by atoms with E-state index < -0.39 is 0 Å². The number of amides is 1. The van der Waals surface area contributed by atoms with Gasteiger partial charge < -0.3 is 5.32 Å². The van der Waals surface area contributed by atoms with Crippen molar-refractivity contribution in [1.29, 1.82) is 5.26 Å². The van der Waals surface area contributed by atoms with E-state index in [1.165, 1.54) is 16.9 Å². The fourth-order valence-corrected chi connectivity index (χ4v) is 4.21. The lowest BCUT2D eigenvalue weighted by Crippen LogP contribution is -2.33. The molecule has 0 unspecified atom stereocenters. The lowest BCUT2D eigenvalue weighted by Gasteiger charge is -2.24. The number of carbonyl (C=O) groups excluding carboxylic acids is 1. The summed E-state index contributed by atoms with van der Waals surface area (Å²) in [5, 5.41) is 18.9. The van der Waals surface area contributed by atoms with Gasteiger partial charge >= 0.3 is 0 Å². The zero-order valence-corrected chi connectivity index (χ0v) is 15.0. The SMILES string of the molecule is Cc1nn(C)c(C)c1[C@H]1CCCN1CC(=O)Nc1sccc1C#N. The lowest BCUT2D eigenvalue weighted by atomic mass is 10.0. The van der Waals surface area contributed by atoms with E-state index in [-0.39, 0.29) is 11.9 Å². The summed E-state index contributed by atoms with van der Waals surface area (Å²) in [6, 6.07) is 4.06. The summed E-state index contributed by atoms with van der Waals surface area (Å²) in [5.74, 6) is -0.0694. The third-order valence-electron chi connectivity index (χ3n) is 4.65. The molecule has 2 aromatic rings. The second-order valence-corrected chi connectivity index (χ2v) is 7.08. The molecular formula is C17H21N5OS. The first-order chi connectivity index (χ1) is 11.5. The summed E-state index contributed by atoms with van der Waals surface area (Å²) >= 11 is 1.38. The number of nitrogens with zero attached hydrogens (tertiary/aromatic N) is 4. The monoisotopic (exact) mass is 343 g/mol. The van der Waals surface area contributed by atoms with Crippen molar-refractivity contribution in [1.82, 2.24) is 14.7 Å². The van der Waals surface area contributed by atoms with Crippen LogP contribution in [0.3, 0.4) is 0 Å². The van der Waals surface area contributed by atoms with Crippen molar-refractivity contribution >= 4 is 22.2 Å². The van der Waals surface area contributed by atoms with Gasteiger partial charge in [-0.15, -0.1) is 11.3 Å². The molecule has 0 aromatic carbocycles. The molecule has 1 N–H and O–H groups in total. The number of hydrogen-bond acceptors (Lipinski definition) is 5. The van der Waals surface area contributed by atoms with Crippen molar-refractivity contribution in [2.75, 3.05) is 18.4 Å². The van der Waals surface area contributed by atoms with Crippen LogP contribution in [0.5, 0.6) is 0 Å². The molecule has 24 heavy (non-hydrogen) atoms. The minimum Gasteiger partial charge on any atom is -0.315 e. The number of aromatic nitrogens is 2. The molecule has 1 amide bonds. The molecule has 1 fully saturated rings. The molecule has 0 spiro atoms. The molecular weight excluding hydrogens is 322 g/mol. The Labute approximate surface area is 145 Å². The Bertz CT molecular complexity index is 800. The van der Waals surface area contributed by atoms with Gasteiger partial charge in [-0.25, -0.2) is 0 Å². The van der Waals surface area contributed by atoms with Crippen LogP contribution in [0.1, 0.15) is 41.4 Å². The van der Waals surface area contributed by atoms with E-state index in [1.807, 2.05) is 24.0 Å². The molecule has 1 aliphatic rings. The van der Waals surface area contributed by atoms with Gasteiger partial charge in [0.2, 0.25) is 5.91 Å². The van der Waals surface area contributed by atoms with Gasteiger partial charge in [-0.2, -0.15) is 10.4 Å². The first-order valence-corrected chi connectivity index (χ1v) is 8.90. The standard InChI is InChI=1S/C17H21N5OS/c1-11-16(12(2)21(3)20-11)14-5-4-7-22(14)10-15(23)19-17-13(9-18)6-8-24-17/h6,8,14H,4-5,7,10H2,1-3H3,(H,19,23)/t14-/m1/s1. The molecule has 0 bridgehead atoms. The van der Waals surface area contributed by atoms with Crippen molar-refractivity contribution in [3.63, 3.8) is 0 Å². The summed E-state index contributed by atoms with van der Waals surface area (Å²) in [4.78, 5) is 14.6. The highest BCUT2D eigenvalue weighted by Gasteiger charge is 2.31. The second kappa shape index (κ2) is 6.75. The maximum atomic E-state index is 12.4. The van der Waals surface area contributed by atoms with Gasteiger partial charge in [0.15, 0.2) is 0 Å². The van der Waals surface area contributed by atoms with Crippen molar-refractivity contribution in [3.05, 3.63) is 34.0 Å². The summed E-state index contributed by atoms with van der Waals surface area (Å²) in [6.45, 7) is 5.35. The highest BCUT2D eigenvalue weighted by Crippen LogP contribution is 2.35. The zero-order chi connectivity index (χ0) is 17.3. The molecule has 6 nitrogen and oxygen atoms in total. The van der Waals surface area contributed by atoms with Crippen LogP contribution in [-0.2, 0) is 11.8 Å². The molecule has 3 rings (SSSR count). The number of thiophene rings is 1. The predicted octanol–water partition coefficient (Wildman–Crippen LogP) is 2.75. The van der Waals surface area contributed by atoms with Crippen molar-refractivity contribution < 1.29 is 4.79 Å². The maximum absolute atomic E-state index is 12.4. The molecule has 2 aromatic heterocycles. The summed E-state index contributed by atoms with van der Waals surface area (Å²) in [6.07, 6.45) is 2.12. The van der Waals surface area contributed by atoms with Crippen LogP contribution in [0.2, 0.25) is 0 Å². The van der Waals surface area contributed by atoms with Crippen LogP contribution in [0.4, 0.5) is 5.00 Å².